The second-order valence-electron chi connectivity index (χ2n) is 4.77. The highest BCUT2D eigenvalue weighted by Gasteiger charge is 2.41. The first-order chi connectivity index (χ1) is 9.67. The Kier molecular flexibility index (Phi) is 3.04. The normalized spacial score (nSPS) is 23.6. The first-order valence-electron chi connectivity index (χ1n) is 6.74. The van der Waals surface area contributed by atoms with Gasteiger partial charge in [-0.1, -0.05) is 6.92 Å². The van der Waals surface area contributed by atoms with Crippen LogP contribution < -0.4 is 0 Å². The highest BCUT2D eigenvalue weighted by Crippen LogP contribution is 2.39. The van der Waals surface area contributed by atoms with Crippen LogP contribution in [0.2, 0.25) is 0 Å². The van der Waals surface area contributed by atoms with Crippen molar-refractivity contribution in [3.63, 3.8) is 0 Å². The average Bonchev–Trinajstić information content (AvgIpc) is 3.03. The first-order valence-corrected chi connectivity index (χ1v) is 6.74. The molecule has 0 N–H and O–H groups in total. The van der Waals surface area contributed by atoms with E-state index < -0.39 is 11.9 Å². The van der Waals surface area contributed by atoms with E-state index in [-0.39, 0.29) is 12.4 Å². The molecule has 104 valence electrons. The van der Waals surface area contributed by atoms with E-state index in [9.17, 15) is 9.59 Å². The molecule has 0 spiro atoms. The smallest absolute Gasteiger partial charge is 0.319 e. The third-order valence-electron chi connectivity index (χ3n) is 3.66. The molecule has 0 saturated carbocycles. The maximum absolute atomic E-state index is 12.7. The summed E-state index contributed by atoms with van der Waals surface area (Å²) in [5.41, 5.74) is 2.51. The van der Waals surface area contributed by atoms with Crippen molar-refractivity contribution in [1.82, 2.24) is 0 Å². The van der Waals surface area contributed by atoms with Crippen molar-refractivity contribution in [2.24, 2.45) is 10.9 Å². The fourth-order valence-electron chi connectivity index (χ4n) is 2.65. The lowest BCUT2D eigenvalue weighted by molar-refractivity contribution is -0.144. The fourth-order valence-corrected chi connectivity index (χ4v) is 2.65. The van der Waals surface area contributed by atoms with Gasteiger partial charge >= 0.3 is 5.97 Å². The zero-order valence-corrected chi connectivity index (χ0v) is 11.4. The summed E-state index contributed by atoms with van der Waals surface area (Å²) in [6.45, 7) is 4.45. The SMILES string of the molecule is CCOC(=O)C1C=NC2=C1C(=O)C1=C(CC)COC1=C2. The van der Waals surface area contributed by atoms with E-state index in [0.29, 0.717) is 29.2 Å². The van der Waals surface area contributed by atoms with Gasteiger partial charge in [0, 0.05) is 17.9 Å². The molecule has 0 radical (unpaired) electrons. The minimum atomic E-state index is -0.693. The lowest BCUT2D eigenvalue weighted by Gasteiger charge is -2.16. The number of ketones is 1. The summed E-state index contributed by atoms with van der Waals surface area (Å²) in [6, 6.07) is 0. The summed E-state index contributed by atoms with van der Waals surface area (Å²) < 4.78 is 10.5. The van der Waals surface area contributed by atoms with Gasteiger partial charge < -0.3 is 9.47 Å². The molecule has 20 heavy (non-hydrogen) atoms. The predicted octanol–water partition coefficient (Wildman–Crippen LogP) is 1.71. The van der Waals surface area contributed by atoms with Gasteiger partial charge in [-0.05, 0) is 18.9 Å². The molecule has 1 atom stereocenters. The number of ether oxygens (including phenoxy) is 2. The Morgan fingerprint density at radius 2 is 2.30 bits per heavy atom. The summed E-state index contributed by atoms with van der Waals surface area (Å²) in [5.74, 6) is -0.694. The van der Waals surface area contributed by atoms with Crippen molar-refractivity contribution in [1.29, 1.82) is 0 Å². The molecule has 2 aliphatic heterocycles. The van der Waals surface area contributed by atoms with Crippen molar-refractivity contribution < 1.29 is 19.1 Å². The van der Waals surface area contributed by atoms with Gasteiger partial charge in [-0.15, -0.1) is 0 Å². The molecular weight excluding hydrogens is 258 g/mol. The number of carbonyl (C=O) groups excluding carboxylic acids is 2. The molecule has 3 aliphatic rings. The molecule has 0 aromatic heterocycles. The molecule has 0 aromatic carbocycles. The molecule has 1 unspecified atom stereocenters. The van der Waals surface area contributed by atoms with Gasteiger partial charge in [-0.2, -0.15) is 0 Å². The van der Waals surface area contributed by atoms with Gasteiger partial charge in [-0.25, -0.2) is 0 Å². The Morgan fingerprint density at radius 3 is 3.00 bits per heavy atom. The number of esters is 1. The number of hydrogen-bond donors (Lipinski definition) is 0. The topological polar surface area (TPSA) is 65.0 Å². The van der Waals surface area contributed by atoms with Gasteiger partial charge in [-0.3, -0.25) is 14.6 Å². The van der Waals surface area contributed by atoms with Crippen molar-refractivity contribution >= 4 is 18.0 Å². The monoisotopic (exact) mass is 273 g/mol. The highest BCUT2D eigenvalue weighted by atomic mass is 16.5. The lowest BCUT2D eigenvalue weighted by Crippen LogP contribution is -2.26. The standard InChI is InChI=1S/C15H15NO4/c1-3-8-7-20-11-5-10-13(14(17)12(8)11)9(6-16-10)15(18)19-4-2/h5-6,9H,3-4,7H2,1-2H3. The van der Waals surface area contributed by atoms with Gasteiger partial charge in [0.15, 0.2) is 5.78 Å². The minimum absolute atomic E-state index is 0.151. The second-order valence-corrected chi connectivity index (χ2v) is 4.77. The largest absolute Gasteiger partial charge is 0.488 e. The third kappa shape index (κ3) is 1.73. The predicted molar refractivity (Wildman–Crippen MR) is 72.0 cm³/mol. The van der Waals surface area contributed by atoms with Gasteiger partial charge in [0.25, 0.3) is 0 Å². The number of hydrogen-bond acceptors (Lipinski definition) is 5. The van der Waals surface area contributed by atoms with E-state index in [1.165, 1.54) is 6.21 Å². The Bertz CT molecular complexity index is 622. The molecule has 0 aromatic rings. The molecule has 5 nitrogen and oxygen atoms in total. The molecule has 0 amide bonds. The van der Waals surface area contributed by atoms with E-state index in [2.05, 4.69) is 4.99 Å². The second kappa shape index (κ2) is 4.74. The van der Waals surface area contributed by atoms with Crippen molar-refractivity contribution in [3.8, 4) is 0 Å². The minimum Gasteiger partial charge on any atom is -0.488 e. The van der Waals surface area contributed by atoms with Crippen LogP contribution in [-0.2, 0) is 19.1 Å². The van der Waals surface area contributed by atoms with Crippen LogP contribution in [0.4, 0.5) is 0 Å². The molecular formula is C15H15NO4. The summed E-state index contributed by atoms with van der Waals surface area (Å²) >= 11 is 0. The van der Waals surface area contributed by atoms with Gasteiger partial charge in [0.05, 0.1) is 17.9 Å². The Morgan fingerprint density at radius 1 is 1.50 bits per heavy atom. The maximum atomic E-state index is 12.7. The van der Waals surface area contributed by atoms with Crippen molar-refractivity contribution in [2.75, 3.05) is 13.2 Å². The number of Topliss-reactive ketones (excluding diaryl/α,β-unsaturated/α-hetero) is 1. The zero-order chi connectivity index (χ0) is 14.3. The maximum Gasteiger partial charge on any atom is 0.319 e. The van der Waals surface area contributed by atoms with Crippen LogP contribution in [0.5, 0.6) is 0 Å². The summed E-state index contributed by atoms with van der Waals surface area (Å²) in [5, 5.41) is 0. The van der Waals surface area contributed by atoms with Crippen molar-refractivity contribution in [2.45, 2.75) is 20.3 Å². The van der Waals surface area contributed by atoms with E-state index in [4.69, 9.17) is 9.47 Å². The molecule has 0 bridgehead atoms. The van der Waals surface area contributed by atoms with Crippen LogP contribution in [-0.4, -0.2) is 31.2 Å². The summed E-state index contributed by atoms with van der Waals surface area (Å²) in [7, 11) is 0. The summed E-state index contributed by atoms with van der Waals surface area (Å²) in [4.78, 5) is 28.7. The van der Waals surface area contributed by atoms with Gasteiger partial charge in [0.2, 0.25) is 0 Å². The van der Waals surface area contributed by atoms with E-state index in [1.54, 1.807) is 13.0 Å². The lowest BCUT2D eigenvalue weighted by atomic mass is 9.86. The van der Waals surface area contributed by atoms with Crippen LogP contribution in [0, 0.1) is 5.92 Å². The Labute approximate surface area is 116 Å². The van der Waals surface area contributed by atoms with E-state index >= 15 is 0 Å². The van der Waals surface area contributed by atoms with Crippen LogP contribution in [0.1, 0.15) is 20.3 Å². The van der Waals surface area contributed by atoms with Crippen LogP contribution >= 0.6 is 0 Å². The summed E-state index contributed by atoms with van der Waals surface area (Å²) in [6.07, 6.45) is 3.97. The third-order valence-corrected chi connectivity index (χ3v) is 3.66. The van der Waals surface area contributed by atoms with Crippen molar-refractivity contribution in [3.05, 3.63) is 34.3 Å². The molecule has 1 aliphatic carbocycles. The quantitative estimate of drug-likeness (QED) is 0.734. The van der Waals surface area contributed by atoms with Crippen LogP contribution in [0.3, 0.4) is 0 Å². The number of nitrogens with zero attached hydrogens (tertiary/aromatic N) is 1. The Balaban J connectivity index is 2.01. The number of aliphatic imine (C=N–C) groups is 1. The Hall–Kier alpha value is -2.17. The molecule has 2 heterocycles. The van der Waals surface area contributed by atoms with Gasteiger partial charge in [0.1, 0.15) is 18.3 Å². The van der Waals surface area contributed by atoms with Crippen LogP contribution in [0.15, 0.2) is 39.2 Å². The van der Waals surface area contributed by atoms with E-state index in [1.807, 2.05) is 6.92 Å². The molecule has 0 saturated heterocycles. The molecule has 5 heteroatoms. The molecule has 0 fully saturated rings. The zero-order valence-electron chi connectivity index (χ0n) is 11.4. The number of fused-ring (bicyclic) bond motifs is 1. The molecule has 3 rings (SSSR count). The number of carbonyl (C=O) groups is 2. The van der Waals surface area contributed by atoms with E-state index in [0.717, 1.165) is 12.0 Å². The van der Waals surface area contributed by atoms with Crippen LogP contribution in [0.25, 0.3) is 0 Å². The number of allylic oxidation sites excluding steroid dienone is 2. The highest BCUT2D eigenvalue weighted by molar-refractivity contribution is 6.20. The first kappa shape index (κ1) is 12.8. The average molecular weight is 273 g/mol. The fraction of sp³-hybridized carbons (Fsp3) is 0.400. The number of rotatable bonds is 3.